The van der Waals surface area contributed by atoms with Crippen LogP contribution < -0.4 is 0 Å². The van der Waals surface area contributed by atoms with Crippen molar-refractivity contribution >= 4 is 15.9 Å². The molecule has 0 saturated carbocycles. The van der Waals surface area contributed by atoms with Crippen LogP contribution in [0.25, 0.3) is 0 Å². The lowest BCUT2D eigenvalue weighted by Gasteiger charge is -1.88. The molecule has 8 heavy (non-hydrogen) atoms. The van der Waals surface area contributed by atoms with Crippen LogP contribution >= 0.6 is 15.9 Å². The highest BCUT2D eigenvalue weighted by Crippen LogP contribution is 2.08. The number of halogens is 1. The molecular formula is C7H7Br. The Balaban J connectivity index is 3.03. The number of hydrogen-bond acceptors (Lipinski definition) is 0. The summed E-state index contributed by atoms with van der Waals surface area (Å²) < 4.78 is 1.14. The van der Waals surface area contributed by atoms with Gasteiger partial charge in [0, 0.05) is 4.47 Å². The van der Waals surface area contributed by atoms with Crippen LogP contribution in [0.3, 0.4) is 0 Å². The fourth-order valence-corrected chi connectivity index (χ4v) is 0.798. The van der Waals surface area contributed by atoms with Crippen LogP contribution in [0.4, 0.5) is 0 Å². The van der Waals surface area contributed by atoms with Crippen LogP contribution in [0.5, 0.6) is 0 Å². The van der Waals surface area contributed by atoms with Crippen LogP contribution in [-0.4, -0.2) is 0 Å². The first kappa shape index (κ1) is 5.83. The molecule has 1 aromatic rings. The summed E-state index contributed by atoms with van der Waals surface area (Å²) in [6, 6.07) is 8.22. The largest absolute Gasteiger partial charge is 0.0582 e. The zero-order valence-electron chi connectivity index (χ0n) is 4.69. The SMILES string of the molecule is [1CH3]c1ccc(Br)cc1. The molecule has 0 heterocycles. The molecule has 1 rings (SSSR count). The molecule has 0 aliphatic heterocycles. The molecule has 0 atom stereocenters. The summed E-state index contributed by atoms with van der Waals surface area (Å²) in [7, 11) is 0. The van der Waals surface area contributed by atoms with E-state index in [-0.39, 0.29) is 0 Å². The molecule has 0 aromatic heterocycles. The molecule has 0 saturated heterocycles. The van der Waals surface area contributed by atoms with Crippen molar-refractivity contribution in [3.05, 3.63) is 34.3 Å². The van der Waals surface area contributed by atoms with Gasteiger partial charge in [0.1, 0.15) is 0 Å². The van der Waals surface area contributed by atoms with Crippen molar-refractivity contribution < 1.29 is 0 Å². The second-order valence-corrected chi connectivity index (χ2v) is 2.71. The highest BCUT2D eigenvalue weighted by atomic mass is 79.9. The first-order chi connectivity index (χ1) is 3.79. The fraction of sp³-hybridized carbons (Fsp3) is 0.143. The van der Waals surface area contributed by atoms with Gasteiger partial charge in [0.05, 0.1) is 0 Å². The van der Waals surface area contributed by atoms with E-state index in [0.29, 0.717) is 0 Å². The summed E-state index contributed by atoms with van der Waals surface area (Å²) in [5, 5.41) is 0. The smallest absolute Gasteiger partial charge is 0.0175 e. The van der Waals surface area contributed by atoms with Gasteiger partial charge in [-0.15, -0.1) is 0 Å². The highest BCUT2D eigenvalue weighted by Gasteiger charge is 1.81. The van der Waals surface area contributed by atoms with Gasteiger partial charge in [0.15, 0.2) is 0 Å². The molecule has 0 radical (unpaired) electrons. The summed E-state index contributed by atoms with van der Waals surface area (Å²) in [6.07, 6.45) is 0. The Hall–Kier alpha value is -0.300. The number of benzene rings is 1. The highest BCUT2D eigenvalue weighted by molar-refractivity contribution is 9.10. The Bertz CT molecular complexity index is 143. The quantitative estimate of drug-likeness (QED) is 0.547. The summed E-state index contributed by atoms with van der Waals surface area (Å²) >= 11 is 3.35. The average Bonchev–Trinajstić information content (AvgIpc) is 1.77. The van der Waals surface area contributed by atoms with Crippen molar-refractivity contribution in [1.29, 1.82) is 0 Å². The molecule has 1 aromatic carbocycles. The van der Waals surface area contributed by atoms with Crippen molar-refractivity contribution in [2.24, 2.45) is 0 Å². The molecule has 0 spiro atoms. The lowest BCUT2D eigenvalue weighted by molar-refractivity contribution is 1.46. The van der Waals surface area contributed by atoms with Gasteiger partial charge in [-0.05, 0) is 19.1 Å². The zero-order chi connectivity index (χ0) is 5.98. The first-order valence-electron chi connectivity index (χ1n) is 2.51. The van der Waals surface area contributed by atoms with Crippen LogP contribution in [0.15, 0.2) is 28.7 Å². The molecule has 0 nitrogen and oxygen atoms in total. The lowest BCUT2D eigenvalue weighted by Crippen LogP contribution is -1.66. The van der Waals surface area contributed by atoms with Crippen LogP contribution in [0.2, 0.25) is 0 Å². The van der Waals surface area contributed by atoms with Gasteiger partial charge < -0.3 is 0 Å². The van der Waals surface area contributed by atoms with E-state index in [1.54, 1.807) is 0 Å². The van der Waals surface area contributed by atoms with Crippen molar-refractivity contribution in [3.8, 4) is 0 Å². The third kappa shape index (κ3) is 1.34. The number of rotatable bonds is 0. The minimum Gasteiger partial charge on any atom is -0.0582 e. The topological polar surface area (TPSA) is 0 Å². The summed E-state index contributed by atoms with van der Waals surface area (Å²) in [4.78, 5) is 0. The molecule has 0 aliphatic carbocycles. The minimum absolute atomic E-state index is 1.14. The average molecular weight is 160 g/mol. The van der Waals surface area contributed by atoms with E-state index in [1.165, 1.54) is 5.56 Å². The van der Waals surface area contributed by atoms with Gasteiger partial charge in [-0.2, -0.15) is 0 Å². The van der Waals surface area contributed by atoms with E-state index in [2.05, 4.69) is 35.0 Å². The van der Waals surface area contributed by atoms with Gasteiger partial charge in [-0.25, -0.2) is 0 Å². The van der Waals surface area contributed by atoms with Gasteiger partial charge in [-0.3, -0.25) is 0 Å². The van der Waals surface area contributed by atoms with Crippen LogP contribution in [0.1, 0.15) is 5.56 Å². The Morgan fingerprint density at radius 1 is 1.12 bits per heavy atom. The third-order valence-electron chi connectivity index (χ3n) is 1.01. The van der Waals surface area contributed by atoms with Crippen molar-refractivity contribution in [2.75, 3.05) is 0 Å². The van der Waals surface area contributed by atoms with Gasteiger partial charge in [0.25, 0.3) is 0 Å². The summed E-state index contributed by atoms with van der Waals surface area (Å²) in [5.41, 5.74) is 1.30. The zero-order valence-corrected chi connectivity index (χ0v) is 6.27. The standard InChI is InChI=1S/C7H7Br/c1-6-2-4-7(8)5-3-6/h2-5H,1H3/i1-11. The predicted octanol–water partition coefficient (Wildman–Crippen LogP) is 2.76. The van der Waals surface area contributed by atoms with Crippen LogP contribution in [0, 0.1) is 6.92 Å². The van der Waals surface area contributed by atoms with E-state index in [1.807, 2.05) is 12.1 Å². The Labute approximate surface area is 57.7 Å². The maximum absolute atomic E-state index is 3.35. The first-order valence-corrected chi connectivity index (χ1v) is 3.30. The van der Waals surface area contributed by atoms with Gasteiger partial charge in [-0.1, -0.05) is 33.6 Å². The molecule has 42 valence electrons. The van der Waals surface area contributed by atoms with Crippen molar-refractivity contribution in [2.45, 2.75) is 6.92 Å². The van der Waals surface area contributed by atoms with Gasteiger partial charge >= 0.3 is 0 Å². The van der Waals surface area contributed by atoms with Crippen molar-refractivity contribution in [3.63, 3.8) is 0 Å². The number of hydrogen-bond donors (Lipinski definition) is 0. The van der Waals surface area contributed by atoms with E-state index in [0.717, 1.165) is 4.47 Å². The molecule has 0 aliphatic rings. The molecular weight excluding hydrogens is 153 g/mol. The Morgan fingerprint density at radius 2 is 1.62 bits per heavy atom. The van der Waals surface area contributed by atoms with E-state index in [9.17, 15) is 0 Å². The maximum atomic E-state index is 3.35. The summed E-state index contributed by atoms with van der Waals surface area (Å²) in [6.45, 7) is 2.08. The normalized spacial score (nSPS) is 9.25. The Kier molecular flexibility index (Phi) is 1.69. The summed E-state index contributed by atoms with van der Waals surface area (Å²) in [5.74, 6) is 0. The van der Waals surface area contributed by atoms with Crippen molar-refractivity contribution in [1.82, 2.24) is 0 Å². The minimum atomic E-state index is 1.14. The van der Waals surface area contributed by atoms with Gasteiger partial charge in [0.2, 0.25) is 0 Å². The molecule has 0 fully saturated rings. The fourth-order valence-electron chi connectivity index (χ4n) is 0.533. The Morgan fingerprint density at radius 3 is 2.00 bits per heavy atom. The molecule has 0 amide bonds. The number of aryl methyl sites for hydroxylation is 1. The lowest BCUT2D eigenvalue weighted by atomic mass is 0.909. The second kappa shape index (κ2) is 2.31. The van der Waals surface area contributed by atoms with E-state index < -0.39 is 0 Å². The molecule has 0 bridgehead atoms. The molecule has 0 unspecified atom stereocenters. The predicted molar refractivity (Wildman–Crippen MR) is 38.9 cm³/mol. The third-order valence-corrected chi connectivity index (χ3v) is 1.54. The van der Waals surface area contributed by atoms with E-state index >= 15 is 0 Å². The van der Waals surface area contributed by atoms with E-state index in [4.69, 9.17) is 0 Å². The second-order valence-electron chi connectivity index (χ2n) is 1.80. The van der Waals surface area contributed by atoms with Crippen LogP contribution in [-0.2, 0) is 0 Å². The molecule has 0 N–H and O–H groups in total. The maximum Gasteiger partial charge on any atom is 0.0175 e. The molecule has 1 heteroatoms. The monoisotopic (exact) mass is 159 g/mol.